The number of rotatable bonds is 6. The van der Waals surface area contributed by atoms with Crippen LogP contribution in [0.5, 0.6) is 5.75 Å². The molecule has 1 unspecified atom stereocenters. The Balaban J connectivity index is 1.72. The van der Waals surface area contributed by atoms with Gasteiger partial charge in [-0.15, -0.1) is 0 Å². The van der Waals surface area contributed by atoms with Gasteiger partial charge in [-0.25, -0.2) is 0 Å². The average Bonchev–Trinajstić information content (AvgIpc) is 2.88. The van der Waals surface area contributed by atoms with Crippen LogP contribution in [-0.4, -0.2) is 25.2 Å². The van der Waals surface area contributed by atoms with Crippen LogP contribution in [-0.2, 0) is 4.74 Å². The molecule has 0 aromatic heterocycles. The SMILES string of the molecule is N=C(N)c1cccc(OCCCC2CCCO2)c1. The predicted molar refractivity (Wildman–Crippen MR) is 71.2 cm³/mol. The summed E-state index contributed by atoms with van der Waals surface area (Å²) < 4.78 is 11.2. The number of nitrogens with one attached hydrogen (secondary N) is 1. The van der Waals surface area contributed by atoms with Gasteiger partial charge in [0.05, 0.1) is 12.7 Å². The van der Waals surface area contributed by atoms with Crippen LogP contribution in [0.3, 0.4) is 0 Å². The standard InChI is InChI=1S/C14H20N2O2/c15-14(16)11-4-1-5-13(10-11)18-9-3-7-12-6-2-8-17-12/h1,4-5,10,12H,2-3,6-9H2,(H3,15,16). The summed E-state index contributed by atoms with van der Waals surface area (Å²) in [4.78, 5) is 0. The zero-order chi connectivity index (χ0) is 12.8. The van der Waals surface area contributed by atoms with Crippen molar-refractivity contribution in [3.8, 4) is 5.75 Å². The molecule has 1 atom stereocenters. The topological polar surface area (TPSA) is 68.3 Å². The van der Waals surface area contributed by atoms with Gasteiger partial charge in [0.15, 0.2) is 0 Å². The second kappa shape index (κ2) is 6.40. The average molecular weight is 248 g/mol. The Bertz CT molecular complexity index is 401. The molecule has 0 bridgehead atoms. The fourth-order valence-corrected chi connectivity index (χ4v) is 2.13. The summed E-state index contributed by atoms with van der Waals surface area (Å²) in [7, 11) is 0. The minimum atomic E-state index is 0.0693. The van der Waals surface area contributed by atoms with Gasteiger partial charge in [-0.2, -0.15) is 0 Å². The fourth-order valence-electron chi connectivity index (χ4n) is 2.13. The molecular formula is C14H20N2O2. The Kier molecular flexibility index (Phi) is 4.59. The van der Waals surface area contributed by atoms with Crippen LogP contribution in [0.1, 0.15) is 31.2 Å². The molecule has 1 aromatic rings. The van der Waals surface area contributed by atoms with Gasteiger partial charge in [-0.1, -0.05) is 12.1 Å². The van der Waals surface area contributed by atoms with E-state index in [1.54, 1.807) is 6.07 Å². The lowest BCUT2D eigenvalue weighted by Crippen LogP contribution is -2.11. The van der Waals surface area contributed by atoms with Crippen LogP contribution in [0.4, 0.5) is 0 Å². The highest BCUT2D eigenvalue weighted by atomic mass is 16.5. The molecule has 0 amide bonds. The van der Waals surface area contributed by atoms with Crippen LogP contribution >= 0.6 is 0 Å². The van der Waals surface area contributed by atoms with Crippen LogP contribution < -0.4 is 10.5 Å². The summed E-state index contributed by atoms with van der Waals surface area (Å²) in [6, 6.07) is 7.35. The lowest BCUT2D eigenvalue weighted by molar-refractivity contribution is 0.0981. The molecule has 0 aliphatic carbocycles. The van der Waals surface area contributed by atoms with E-state index in [0.29, 0.717) is 18.3 Å². The van der Waals surface area contributed by atoms with E-state index in [1.807, 2.05) is 18.2 Å². The molecule has 18 heavy (non-hydrogen) atoms. The molecule has 0 radical (unpaired) electrons. The van der Waals surface area contributed by atoms with Crippen molar-refractivity contribution >= 4 is 5.84 Å². The number of hydrogen-bond acceptors (Lipinski definition) is 3. The van der Waals surface area contributed by atoms with Gasteiger partial charge >= 0.3 is 0 Å². The quantitative estimate of drug-likeness (QED) is 0.461. The zero-order valence-electron chi connectivity index (χ0n) is 10.5. The van der Waals surface area contributed by atoms with Gasteiger partial charge in [-0.3, -0.25) is 5.41 Å². The van der Waals surface area contributed by atoms with E-state index < -0.39 is 0 Å². The minimum Gasteiger partial charge on any atom is -0.494 e. The molecule has 1 aliphatic rings. The largest absolute Gasteiger partial charge is 0.494 e. The van der Waals surface area contributed by atoms with Crippen molar-refractivity contribution in [2.24, 2.45) is 5.73 Å². The van der Waals surface area contributed by atoms with Crippen molar-refractivity contribution in [1.82, 2.24) is 0 Å². The predicted octanol–water partition coefficient (Wildman–Crippen LogP) is 2.31. The number of ether oxygens (including phenoxy) is 2. The summed E-state index contributed by atoms with van der Waals surface area (Å²) in [6.07, 6.45) is 4.85. The molecule has 3 N–H and O–H groups in total. The van der Waals surface area contributed by atoms with Crippen molar-refractivity contribution in [1.29, 1.82) is 5.41 Å². The highest BCUT2D eigenvalue weighted by Crippen LogP contribution is 2.18. The monoisotopic (exact) mass is 248 g/mol. The van der Waals surface area contributed by atoms with Gasteiger partial charge in [0, 0.05) is 12.2 Å². The molecule has 0 spiro atoms. The summed E-state index contributed by atoms with van der Waals surface area (Å²) in [5.41, 5.74) is 6.13. The van der Waals surface area contributed by atoms with E-state index in [9.17, 15) is 0 Å². The number of hydrogen-bond donors (Lipinski definition) is 2. The molecule has 1 aliphatic heterocycles. The Labute approximate surface area is 108 Å². The Morgan fingerprint density at radius 1 is 1.50 bits per heavy atom. The molecular weight excluding hydrogens is 228 g/mol. The Hall–Kier alpha value is -1.55. The van der Waals surface area contributed by atoms with E-state index in [1.165, 1.54) is 12.8 Å². The minimum absolute atomic E-state index is 0.0693. The summed E-state index contributed by atoms with van der Waals surface area (Å²) >= 11 is 0. The molecule has 1 saturated heterocycles. The number of amidine groups is 1. The van der Waals surface area contributed by atoms with Gasteiger partial charge in [0.1, 0.15) is 11.6 Å². The summed E-state index contributed by atoms with van der Waals surface area (Å²) in [5.74, 6) is 0.842. The molecule has 4 nitrogen and oxygen atoms in total. The van der Waals surface area contributed by atoms with Crippen molar-refractivity contribution in [3.63, 3.8) is 0 Å². The lowest BCUT2D eigenvalue weighted by Gasteiger charge is -2.10. The van der Waals surface area contributed by atoms with Gasteiger partial charge in [0.25, 0.3) is 0 Å². The summed E-state index contributed by atoms with van der Waals surface area (Å²) in [6.45, 7) is 1.59. The fraction of sp³-hybridized carbons (Fsp3) is 0.500. The zero-order valence-corrected chi connectivity index (χ0v) is 10.5. The molecule has 98 valence electrons. The second-order valence-electron chi connectivity index (χ2n) is 4.57. The third-order valence-electron chi connectivity index (χ3n) is 3.11. The third kappa shape index (κ3) is 3.74. The van der Waals surface area contributed by atoms with Gasteiger partial charge < -0.3 is 15.2 Å². The Morgan fingerprint density at radius 3 is 3.11 bits per heavy atom. The molecule has 2 rings (SSSR count). The maximum Gasteiger partial charge on any atom is 0.122 e. The normalized spacial score (nSPS) is 18.8. The molecule has 1 heterocycles. The van der Waals surface area contributed by atoms with E-state index in [0.717, 1.165) is 25.2 Å². The third-order valence-corrected chi connectivity index (χ3v) is 3.11. The van der Waals surface area contributed by atoms with Crippen LogP contribution in [0.15, 0.2) is 24.3 Å². The Morgan fingerprint density at radius 2 is 2.39 bits per heavy atom. The first-order valence-corrected chi connectivity index (χ1v) is 6.44. The van der Waals surface area contributed by atoms with E-state index in [2.05, 4.69) is 0 Å². The highest BCUT2D eigenvalue weighted by Gasteiger charge is 2.14. The second-order valence-corrected chi connectivity index (χ2v) is 4.57. The maximum atomic E-state index is 7.36. The van der Waals surface area contributed by atoms with Crippen LogP contribution in [0, 0.1) is 5.41 Å². The maximum absolute atomic E-state index is 7.36. The number of benzene rings is 1. The molecule has 1 fully saturated rings. The van der Waals surface area contributed by atoms with Crippen molar-refractivity contribution in [2.75, 3.05) is 13.2 Å². The lowest BCUT2D eigenvalue weighted by atomic mass is 10.1. The van der Waals surface area contributed by atoms with Crippen molar-refractivity contribution in [2.45, 2.75) is 31.8 Å². The van der Waals surface area contributed by atoms with Gasteiger partial charge in [-0.05, 0) is 37.8 Å². The van der Waals surface area contributed by atoms with E-state index in [4.69, 9.17) is 20.6 Å². The van der Waals surface area contributed by atoms with Gasteiger partial charge in [0.2, 0.25) is 0 Å². The van der Waals surface area contributed by atoms with Crippen molar-refractivity contribution in [3.05, 3.63) is 29.8 Å². The summed E-state index contributed by atoms with van der Waals surface area (Å²) in [5, 5.41) is 7.36. The first-order chi connectivity index (χ1) is 8.75. The molecule has 1 aromatic carbocycles. The smallest absolute Gasteiger partial charge is 0.122 e. The first-order valence-electron chi connectivity index (χ1n) is 6.44. The molecule has 4 heteroatoms. The number of nitrogen functional groups attached to an aromatic ring is 1. The van der Waals surface area contributed by atoms with Crippen LogP contribution in [0.2, 0.25) is 0 Å². The van der Waals surface area contributed by atoms with Crippen LogP contribution in [0.25, 0.3) is 0 Å². The van der Waals surface area contributed by atoms with Crippen molar-refractivity contribution < 1.29 is 9.47 Å². The van der Waals surface area contributed by atoms with E-state index >= 15 is 0 Å². The highest BCUT2D eigenvalue weighted by molar-refractivity contribution is 5.95. The first kappa shape index (κ1) is 12.9. The molecule has 0 saturated carbocycles. The number of nitrogens with two attached hydrogens (primary N) is 1. The van der Waals surface area contributed by atoms with E-state index in [-0.39, 0.29) is 5.84 Å².